The SMILES string of the molecule is CCCNC(=O)[C@H](Cc1ccccc1)N(Cc1ccc(Br)cc1)C(=O)CN(c1ccc(OC)c(Cl)c1)S(=O)(=O)c1ccccc1. The molecule has 1 atom stereocenters. The van der Waals surface area contributed by atoms with Crippen molar-refractivity contribution in [3.63, 3.8) is 0 Å². The molecule has 4 aromatic rings. The Morgan fingerprint density at radius 1 is 0.911 bits per heavy atom. The molecule has 11 heteroatoms. The van der Waals surface area contributed by atoms with Crippen LogP contribution >= 0.6 is 27.5 Å². The van der Waals surface area contributed by atoms with E-state index in [1.165, 1.54) is 36.3 Å². The van der Waals surface area contributed by atoms with Crippen molar-refractivity contribution in [2.24, 2.45) is 0 Å². The largest absolute Gasteiger partial charge is 0.495 e. The number of hydrogen-bond acceptors (Lipinski definition) is 5. The van der Waals surface area contributed by atoms with Crippen molar-refractivity contribution in [3.05, 3.63) is 124 Å². The number of nitrogens with zero attached hydrogens (tertiary/aromatic N) is 2. The van der Waals surface area contributed by atoms with Crippen LogP contribution in [0, 0.1) is 0 Å². The number of hydrogen-bond donors (Lipinski definition) is 1. The molecular weight excluding hydrogens is 678 g/mol. The molecule has 0 saturated carbocycles. The van der Waals surface area contributed by atoms with Gasteiger partial charge < -0.3 is 15.0 Å². The standard InChI is InChI=1S/C34H35BrClN3O5S/c1-3-20-37-34(41)31(21-25-10-6-4-7-11-25)38(23-26-14-16-27(35)17-15-26)33(40)24-39(28-18-19-32(44-2)30(36)22-28)45(42,43)29-12-8-5-9-13-29/h4-19,22,31H,3,20-21,23-24H2,1-2H3,(H,37,41)/t31-/m0/s1. The van der Waals surface area contributed by atoms with Crippen molar-refractivity contribution >= 4 is 55.1 Å². The smallest absolute Gasteiger partial charge is 0.264 e. The van der Waals surface area contributed by atoms with Crippen LogP contribution in [0.5, 0.6) is 5.75 Å². The average Bonchev–Trinajstić information content (AvgIpc) is 3.05. The van der Waals surface area contributed by atoms with Gasteiger partial charge in [-0.1, -0.05) is 95.1 Å². The summed E-state index contributed by atoms with van der Waals surface area (Å²) in [6.07, 6.45) is 0.949. The molecule has 1 N–H and O–H groups in total. The first kappa shape index (κ1) is 34.0. The first-order chi connectivity index (χ1) is 21.6. The van der Waals surface area contributed by atoms with Gasteiger partial charge in [-0.3, -0.25) is 13.9 Å². The van der Waals surface area contributed by atoms with E-state index in [0.29, 0.717) is 18.7 Å². The van der Waals surface area contributed by atoms with Gasteiger partial charge in [-0.2, -0.15) is 0 Å². The zero-order valence-corrected chi connectivity index (χ0v) is 28.2. The lowest BCUT2D eigenvalue weighted by Crippen LogP contribution is -2.53. The summed E-state index contributed by atoms with van der Waals surface area (Å²) in [6, 6.07) is 28.3. The van der Waals surface area contributed by atoms with Crippen LogP contribution in [0.4, 0.5) is 5.69 Å². The predicted molar refractivity (Wildman–Crippen MR) is 181 cm³/mol. The highest BCUT2D eigenvalue weighted by atomic mass is 79.9. The molecule has 236 valence electrons. The highest BCUT2D eigenvalue weighted by Crippen LogP contribution is 2.32. The quantitative estimate of drug-likeness (QED) is 0.162. The number of halogens is 2. The second-order valence-corrected chi connectivity index (χ2v) is 13.5. The van der Waals surface area contributed by atoms with E-state index in [1.54, 1.807) is 24.3 Å². The first-order valence-electron chi connectivity index (χ1n) is 14.4. The molecule has 0 radical (unpaired) electrons. The van der Waals surface area contributed by atoms with Crippen LogP contribution in [0.25, 0.3) is 0 Å². The Balaban J connectivity index is 1.81. The van der Waals surface area contributed by atoms with Gasteiger partial charge >= 0.3 is 0 Å². The minimum absolute atomic E-state index is 0.00530. The summed E-state index contributed by atoms with van der Waals surface area (Å²) in [6.45, 7) is 1.88. The number of nitrogens with one attached hydrogen (secondary N) is 1. The van der Waals surface area contributed by atoms with Crippen molar-refractivity contribution in [1.82, 2.24) is 10.2 Å². The Hall–Kier alpha value is -3.86. The third-order valence-electron chi connectivity index (χ3n) is 7.12. The molecule has 45 heavy (non-hydrogen) atoms. The fourth-order valence-corrected chi connectivity index (χ4v) is 6.71. The fraction of sp³-hybridized carbons (Fsp3) is 0.235. The highest BCUT2D eigenvalue weighted by Gasteiger charge is 2.34. The van der Waals surface area contributed by atoms with E-state index >= 15 is 0 Å². The van der Waals surface area contributed by atoms with Crippen LogP contribution in [-0.2, 0) is 32.6 Å². The molecule has 0 heterocycles. The second kappa shape index (κ2) is 15.9. The van der Waals surface area contributed by atoms with Crippen LogP contribution in [0.1, 0.15) is 24.5 Å². The lowest BCUT2D eigenvalue weighted by atomic mass is 10.0. The Kier molecular flexibility index (Phi) is 12.0. The molecule has 0 fully saturated rings. The summed E-state index contributed by atoms with van der Waals surface area (Å²) < 4.78 is 35.3. The number of methoxy groups -OCH3 is 1. The first-order valence-corrected chi connectivity index (χ1v) is 17.0. The molecule has 0 aliphatic heterocycles. The Bertz CT molecular complexity index is 1690. The molecule has 8 nitrogen and oxygen atoms in total. The molecule has 4 aromatic carbocycles. The van der Waals surface area contributed by atoms with Crippen LogP contribution in [0.2, 0.25) is 5.02 Å². The number of anilines is 1. The van der Waals surface area contributed by atoms with Gasteiger partial charge in [-0.15, -0.1) is 0 Å². The topological polar surface area (TPSA) is 96.0 Å². The van der Waals surface area contributed by atoms with Gasteiger partial charge in [-0.25, -0.2) is 8.42 Å². The van der Waals surface area contributed by atoms with Gasteiger partial charge in [0.1, 0.15) is 18.3 Å². The normalized spacial score (nSPS) is 11.8. The van der Waals surface area contributed by atoms with Gasteiger partial charge in [0.05, 0.1) is 22.7 Å². The number of sulfonamides is 1. The highest BCUT2D eigenvalue weighted by molar-refractivity contribution is 9.10. The van der Waals surface area contributed by atoms with Crippen molar-refractivity contribution in [3.8, 4) is 5.75 Å². The molecule has 0 aliphatic carbocycles. The van der Waals surface area contributed by atoms with Crippen molar-refractivity contribution in [2.75, 3.05) is 24.5 Å². The molecular formula is C34H35BrClN3O5S. The number of amides is 2. The van der Waals surface area contributed by atoms with E-state index in [2.05, 4.69) is 21.2 Å². The third-order valence-corrected chi connectivity index (χ3v) is 9.73. The molecule has 0 aromatic heterocycles. The lowest BCUT2D eigenvalue weighted by Gasteiger charge is -2.34. The van der Waals surface area contributed by atoms with E-state index in [4.69, 9.17) is 16.3 Å². The molecule has 0 aliphatic rings. The summed E-state index contributed by atoms with van der Waals surface area (Å²) in [4.78, 5) is 29.6. The van der Waals surface area contributed by atoms with E-state index in [0.717, 1.165) is 19.9 Å². The monoisotopic (exact) mass is 711 g/mol. The average molecular weight is 713 g/mol. The summed E-state index contributed by atoms with van der Waals surface area (Å²) in [5.74, 6) is -0.524. The summed E-state index contributed by atoms with van der Waals surface area (Å²) in [5.41, 5.74) is 1.81. The van der Waals surface area contributed by atoms with Crippen molar-refractivity contribution in [2.45, 2.75) is 37.2 Å². The predicted octanol–water partition coefficient (Wildman–Crippen LogP) is 6.47. The van der Waals surface area contributed by atoms with Gasteiger partial charge in [0.15, 0.2) is 0 Å². The van der Waals surface area contributed by atoms with Gasteiger partial charge in [0.25, 0.3) is 10.0 Å². The number of carbonyl (C=O) groups excluding carboxylic acids is 2. The minimum atomic E-state index is -4.24. The maximum absolute atomic E-state index is 14.5. The van der Waals surface area contributed by atoms with E-state index in [-0.39, 0.29) is 34.5 Å². The molecule has 2 amide bonds. The van der Waals surface area contributed by atoms with Crippen LogP contribution in [0.3, 0.4) is 0 Å². The van der Waals surface area contributed by atoms with Crippen LogP contribution in [0.15, 0.2) is 112 Å². The Morgan fingerprint density at radius 2 is 1.56 bits per heavy atom. The van der Waals surface area contributed by atoms with Crippen LogP contribution < -0.4 is 14.4 Å². The van der Waals surface area contributed by atoms with Gasteiger partial charge in [0.2, 0.25) is 11.8 Å². The molecule has 0 bridgehead atoms. The summed E-state index contributed by atoms with van der Waals surface area (Å²) >= 11 is 9.87. The van der Waals surface area contributed by atoms with Gasteiger partial charge in [-0.05, 0) is 60.0 Å². The number of ether oxygens (including phenoxy) is 1. The zero-order chi connectivity index (χ0) is 32.4. The lowest BCUT2D eigenvalue weighted by molar-refractivity contribution is -0.140. The van der Waals surface area contributed by atoms with Crippen LogP contribution in [-0.4, -0.2) is 51.4 Å². The van der Waals surface area contributed by atoms with E-state index in [1.807, 2.05) is 61.5 Å². The molecule has 4 rings (SSSR count). The number of carbonyl (C=O) groups is 2. The Morgan fingerprint density at radius 3 is 2.16 bits per heavy atom. The van der Waals surface area contributed by atoms with E-state index < -0.39 is 28.5 Å². The Labute approximate surface area is 278 Å². The molecule has 0 saturated heterocycles. The zero-order valence-electron chi connectivity index (χ0n) is 25.0. The van der Waals surface area contributed by atoms with Crippen molar-refractivity contribution in [1.29, 1.82) is 0 Å². The van der Waals surface area contributed by atoms with Gasteiger partial charge in [0, 0.05) is 24.0 Å². The minimum Gasteiger partial charge on any atom is -0.495 e. The van der Waals surface area contributed by atoms with Crippen molar-refractivity contribution < 1.29 is 22.7 Å². The third kappa shape index (κ3) is 8.87. The summed E-state index contributed by atoms with van der Waals surface area (Å²) in [5, 5.41) is 3.12. The maximum Gasteiger partial charge on any atom is 0.264 e. The number of rotatable bonds is 14. The number of benzene rings is 4. The second-order valence-electron chi connectivity index (χ2n) is 10.3. The molecule has 0 spiro atoms. The maximum atomic E-state index is 14.5. The fourth-order valence-electron chi connectivity index (χ4n) is 4.77. The van der Waals surface area contributed by atoms with E-state index in [9.17, 15) is 18.0 Å². The molecule has 0 unspecified atom stereocenters. The summed E-state index contributed by atoms with van der Waals surface area (Å²) in [7, 11) is -2.78.